The molecule has 0 radical (unpaired) electrons. The van der Waals surface area contributed by atoms with Crippen LogP contribution < -0.4 is 20.6 Å². The molecule has 1 unspecified atom stereocenters. The van der Waals surface area contributed by atoms with E-state index in [0.717, 1.165) is 0 Å². The number of urea groups is 1. The molecule has 0 bridgehead atoms. The van der Waals surface area contributed by atoms with Gasteiger partial charge in [-0.25, -0.2) is 20.0 Å². The summed E-state index contributed by atoms with van der Waals surface area (Å²) in [5.41, 5.74) is 0.746. The van der Waals surface area contributed by atoms with Gasteiger partial charge in [-0.3, -0.25) is 10.1 Å². The zero-order valence-corrected chi connectivity index (χ0v) is 16.3. The second-order valence-electron chi connectivity index (χ2n) is 6.03. The van der Waals surface area contributed by atoms with Gasteiger partial charge in [0.15, 0.2) is 5.69 Å². The predicted molar refractivity (Wildman–Crippen MR) is 107 cm³/mol. The number of rotatable bonds is 5. The summed E-state index contributed by atoms with van der Waals surface area (Å²) in [7, 11) is 0. The van der Waals surface area contributed by atoms with Gasteiger partial charge in [0.05, 0.1) is 17.4 Å². The van der Waals surface area contributed by atoms with Crippen LogP contribution in [0.5, 0.6) is 11.8 Å². The van der Waals surface area contributed by atoms with Crippen molar-refractivity contribution >= 4 is 34.9 Å². The van der Waals surface area contributed by atoms with Crippen molar-refractivity contribution in [3.05, 3.63) is 76.2 Å². The molecule has 2 aromatic carbocycles. The molecule has 0 aliphatic heterocycles. The number of imide groups is 1. The Morgan fingerprint density at radius 3 is 2.53 bits per heavy atom. The highest BCUT2D eigenvalue weighted by Gasteiger charge is 2.18. The van der Waals surface area contributed by atoms with Crippen LogP contribution in [0, 0.1) is 12.1 Å². The molecule has 0 saturated carbocycles. The van der Waals surface area contributed by atoms with E-state index >= 15 is 0 Å². The molecule has 1 heterocycles. The number of carbonyl (C=O) groups excluding carboxylic acids is 2. The molecule has 4 N–H and O–H groups in total. The smallest absolute Gasteiger partial charge is 0.326 e. The Hall–Kier alpha value is -3.57. The number of hydrogen-bond donors (Lipinski definition) is 4. The molecule has 1 aromatic heterocycles. The monoisotopic (exact) mass is 429 g/mol. The van der Waals surface area contributed by atoms with E-state index in [9.17, 15) is 14.8 Å². The number of amides is 3. The van der Waals surface area contributed by atoms with Crippen LogP contribution in [0.15, 0.2) is 54.9 Å². The van der Waals surface area contributed by atoms with Gasteiger partial charge in [0.25, 0.3) is 5.91 Å². The quantitative estimate of drug-likeness (QED) is 0.457. The van der Waals surface area contributed by atoms with Crippen molar-refractivity contribution < 1.29 is 24.8 Å². The van der Waals surface area contributed by atoms with Crippen molar-refractivity contribution in [1.82, 2.24) is 15.3 Å². The van der Waals surface area contributed by atoms with Crippen molar-refractivity contribution in [3.63, 3.8) is 0 Å². The normalized spacial score (nSPS) is 11.5. The van der Waals surface area contributed by atoms with Crippen molar-refractivity contribution in [2.24, 2.45) is 0 Å². The minimum absolute atomic E-state index is 0.114. The standard InChI is InChI=1S/C19H16ClN5O5/c1-11-8-13(6-7-16(11)30-19-21-9-12(20)10-22-19)23-18(27)24-17(26)14-4-2-3-5-15(14)25(28)29/h2-10,25,28H,1H3,(H2,23,24,26,27). The first-order valence-electron chi connectivity index (χ1n) is 8.54. The first-order valence-corrected chi connectivity index (χ1v) is 8.92. The molecular formula is C19H16ClN5O5. The van der Waals surface area contributed by atoms with Crippen molar-refractivity contribution in [2.45, 2.75) is 6.92 Å². The zero-order valence-electron chi connectivity index (χ0n) is 15.5. The minimum Gasteiger partial charge on any atom is -0.595 e. The number of benzene rings is 2. The van der Waals surface area contributed by atoms with E-state index in [1.807, 2.05) is 0 Å². The van der Waals surface area contributed by atoms with Crippen LogP contribution in [0.25, 0.3) is 0 Å². The average Bonchev–Trinajstić information content (AvgIpc) is 2.71. The van der Waals surface area contributed by atoms with Gasteiger partial charge in [0.2, 0.25) is 0 Å². The molecule has 30 heavy (non-hydrogen) atoms. The molecule has 3 rings (SSSR count). The van der Waals surface area contributed by atoms with Crippen molar-refractivity contribution in [3.8, 4) is 11.8 Å². The molecule has 3 amide bonds. The Labute approximate surface area is 175 Å². The summed E-state index contributed by atoms with van der Waals surface area (Å²) in [6.07, 6.45) is 2.80. The van der Waals surface area contributed by atoms with E-state index in [0.29, 0.717) is 22.0 Å². The third-order valence-corrected chi connectivity index (χ3v) is 4.06. The maximum atomic E-state index is 12.2. The van der Waals surface area contributed by atoms with Crippen molar-refractivity contribution in [2.75, 3.05) is 5.32 Å². The number of anilines is 1. The maximum absolute atomic E-state index is 12.2. The summed E-state index contributed by atoms with van der Waals surface area (Å²) in [6.45, 7) is 1.75. The van der Waals surface area contributed by atoms with Crippen LogP contribution in [0.3, 0.4) is 0 Å². The summed E-state index contributed by atoms with van der Waals surface area (Å²) >= 11 is 5.73. The van der Waals surface area contributed by atoms with Gasteiger partial charge >= 0.3 is 12.0 Å². The summed E-state index contributed by atoms with van der Waals surface area (Å²) in [5.74, 6) is -0.364. The molecular weight excluding hydrogens is 414 g/mol. The summed E-state index contributed by atoms with van der Waals surface area (Å²) in [4.78, 5) is 32.3. The number of hydrogen-bond acceptors (Lipinski definition) is 7. The Balaban J connectivity index is 1.65. The highest BCUT2D eigenvalue weighted by Crippen LogP contribution is 2.25. The average molecular weight is 430 g/mol. The van der Waals surface area contributed by atoms with Gasteiger partial charge in [-0.2, -0.15) is 5.23 Å². The molecule has 0 fully saturated rings. The van der Waals surface area contributed by atoms with E-state index in [1.165, 1.54) is 36.7 Å². The lowest BCUT2D eigenvalue weighted by atomic mass is 10.1. The summed E-state index contributed by atoms with van der Waals surface area (Å²) in [5, 5.41) is 24.1. The van der Waals surface area contributed by atoms with Crippen LogP contribution in [0.1, 0.15) is 15.9 Å². The molecule has 0 spiro atoms. The van der Waals surface area contributed by atoms with E-state index in [-0.39, 0.29) is 17.3 Å². The number of nitrogens with zero attached hydrogens (tertiary/aromatic N) is 2. The summed E-state index contributed by atoms with van der Waals surface area (Å²) < 4.78 is 5.56. The second-order valence-corrected chi connectivity index (χ2v) is 6.46. The first kappa shape index (κ1) is 21.1. The van der Waals surface area contributed by atoms with Gasteiger partial charge < -0.3 is 15.3 Å². The fourth-order valence-corrected chi connectivity index (χ4v) is 2.59. The van der Waals surface area contributed by atoms with Gasteiger partial charge in [0, 0.05) is 11.8 Å². The Bertz CT molecular complexity index is 1080. The molecule has 11 heteroatoms. The highest BCUT2D eigenvalue weighted by atomic mass is 35.5. The fourth-order valence-electron chi connectivity index (χ4n) is 2.49. The third kappa shape index (κ3) is 5.27. The molecule has 3 aromatic rings. The van der Waals surface area contributed by atoms with Gasteiger partial charge in [-0.05, 0) is 36.8 Å². The number of ether oxygens (including phenoxy) is 1. The minimum atomic E-state index is -1.27. The number of nitrogens with one attached hydrogen (secondary N) is 3. The Kier molecular flexibility index (Phi) is 6.54. The summed E-state index contributed by atoms with van der Waals surface area (Å²) in [6, 6.07) is 9.69. The number of quaternary nitrogens is 1. The van der Waals surface area contributed by atoms with Gasteiger partial charge in [-0.15, -0.1) is 0 Å². The molecule has 0 aliphatic carbocycles. The van der Waals surface area contributed by atoms with Crippen molar-refractivity contribution in [1.29, 1.82) is 0 Å². The van der Waals surface area contributed by atoms with Gasteiger partial charge in [0.1, 0.15) is 11.3 Å². The van der Waals surface area contributed by atoms with Crippen LogP contribution in [-0.2, 0) is 0 Å². The van der Waals surface area contributed by atoms with E-state index in [2.05, 4.69) is 20.6 Å². The third-order valence-electron chi connectivity index (χ3n) is 3.86. The largest absolute Gasteiger partial charge is 0.595 e. The van der Waals surface area contributed by atoms with E-state index in [4.69, 9.17) is 21.5 Å². The number of aryl methyl sites for hydroxylation is 1. The number of para-hydroxylation sites is 1. The van der Waals surface area contributed by atoms with Crippen LogP contribution in [0.2, 0.25) is 5.02 Å². The van der Waals surface area contributed by atoms with E-state index < -0.39 is 17.2 Å². The Morgan fingerprint density at radius 2 is 1.87 bits per heavy atom. The molecule has 0 aliphatic rings. The Morgan fingerprint density at radius 1 is 1.17 bits per heavy atom. The lowest BCUT2D eigenvalue weighted by molar-refractivity contribution is -0.991. The number of aromatic nitrogens is 2. The van der Waals surface area contributed by atoms with Crippen LogP contribution in [0.4, 0.5) is 16.2 Å². The highest BCUT2D eigenvalue weighted by molar-refractivity contribution is 6.30. The van der Waals surface area contributed by atoms with E-state index in [1.54, 1.807) is 25.1 Å². The first-order chi connectivity index (χ1) is 14.3. The molecule has 1 atom stereocenters. The number of halogens is 1. The lowest BCUT2D eigenvalue weighted by Crippen LogP contribution is -2.99. The van der Waals surface area contributed by atoms with Crippen LogP contribution >= 0.6 is 11.6 Å². The zero-order chi connectivity index (χ0) is 21.7. The predicted octanol–water partition coefficient (Wildman–Crippen LogP) is 2.60. The van der Waals surface area contributed by atoms with Gasteiger partial charge in [-0.1, -0.05) is 23.7 Å². The van der Waals surface area contributed by atoms with Crippen LogP contribution in [-0.4, -0.2) is 27.1 Å². The molecule has 0 saturated heterocycles. The molecule has 10 nitrogen and oxygen atoms in total. The number of carbonyl (C=O) groups is 2. The lowest BCUT2D eigenvalue weighted by Gasteiger charge is -2.15. The SMILES string of the molecule is Cc1cc(NC(=O)NC(=O)c2ccccc2[NH+]([O-])O)ccc1Oc1ncc(Cl)cn1. The molecule has 154 valence electrons. The second kappa shape index (κ2) is 9.29. The fraction of sp³-hybridized carbons (Fsp3) is 0.0526. The maximum Gasteiger partial charge on any atom is 0.326 e. The topological polar surface area (TPSA) is 141 Å².